The molecule has 0 spiro atoms. The lowest BCUT2D eigenvalue weighted by Gasteiger charge is -2.37. The Morgan fingerprint density at radius 3 is 2.44 bits per heavy atom. The van der Waals surface area contributed by atoms with Crippen molar-refractivity contribution < 1.29 is 9.84 Å². The molecule has 1 aliphatic rings. The number of hydrogen-bond acceptors (Lipinski definition) is 2. The molecule has 0 bridgehead atoms. The highest BCUT2D eigenvalue weighted by Gasteiger charge is 2.35. The molecular weight excluding hydrogens is 200 g/mol. The van der Waals surface area contributed by atoms with Gasteiger partial charge in [0.15, 0.2) is 0 Å². The first-order chi connectivity index (χ1) is 7.74. The summed E-state index contributed by atoms with van der Waals surface area (Å²) in [5.41, 5.74) is 0.476. The minimum Gasteiger partial charge on any atom is -0.494 e. The lowest BCUT2D eigenvalue weighted by atomic mass is 9.75. The van der Waals surface area contributed by atoms with Crippen LogP contribution in [0.5, 0.6) is 5.75 Å². The van der Waals surface area contributed by atoms with Crippen molar-refractivity contribution in [2.45, 2.75) is 44.6 Å². The summed E-state index contributed by atoms with van der Waals surface area (Å²) in [6.45, 7) is 2.93. The van der Waals surface area contributed by atoms with Crippen LogP contribution in [-0.4, -0.2) is 11.7 Å². The third kappa shape index (κ3) is 2.38. The van der Waals surface area contributed by atoms with Crippen LogP contribution in [-0.2, 0) is 5.60 Å². The molecule has 1 N–H and O–H groups in total. The lowest BCUT2D eigenvalue weighted by molar-refractivity contribution is -0.0388. The Kier molecular flexibility index (Phi) is 3.49. The number of ether oxygens (including phenoxy) is 1. The molecule has 2 nitrogen and oxygen atoms in total. The standard InChI is InChI=1S/C14H20O2/c1-2-3-11-16-13-7-5-12(6-8-13)14(15)9-4-10-14/h5-8,15H,2-4,9-11H2,1H3. The van der Waals surface area contributed by atoms with E-state index in [1.165, 1.54) is 0 Å². The quantitative estimate of drug-likeness (QED) is 0.772. The average Bonchev–Trinajstić information content (AvgIpc) is 2.27. The minimum absolute atomic E-state index is 0.554. The van der Waals surface area contributed by atoms with Crippen LogP contribution in [0.15, 0.2) is 24.3 Å². The summed E-state index contributed by atoms with van der Waals surface area (Å²) in [7, 11) is 0. The summed E-state index contributed by atoms with van der Waals surface area (Å²) < 4.78 is 5.58. The third-order valence-electron chi connectivity index (χ3n) is 3.34. The fourth-order valence-corrected chi connectivity index (χ4v) is 2.00. The maximum absolute atomic E-state index is 10.1. The average molecular weight is 220 g/mol. The van der Waals surface area contributed by atoms with Crippen LogP contribution in [0, 0.1) is 0 Å². The first-order valence-electron chi connectivity index (χ1n) is 6.20. The van der Waals surface area contributed by atoms with E-state index >= 15 is 0 Å². The van der Waals surface area contributed by atoms with Crippen LogP contribution in [0.3, 0.4) is 0 Å². The molecule has 0 radical (unpaired) electrons. The van der Waals surface area contributed by atoms with Gasteiger partial charge < -0.3 is 9.84 Å². The van der Waals surface area contributed by atoms with Gasteiger partial charge in [0, 0.05) is 0 Å². The Bertz CT molecular complexity index is 325. The predicted octanol–water partition coefficient (Wildman–Crippen LogP) is 3.24. The third-order valence-corrected chi connectivity index (χ3v) is 3.34. The number of rotatable bonds is 5. The molecule has 1 fully saturated rings. The van der Waals surface area contributed by atoms with E-state index in [9.17, 15) is 5.11 Å². The fourth-order valence-electron chi connectivity index (χ4n) is 2.00. The summed E-state index contributed by atoms with van der Waals surface area (Å²) in [5, 5.41) is 10.1. The van der Waals surface area contributed by atoms with E-state index in [0.29, 0.717) is 0 Å². The molecule has 0 atom stereocenters. The summed E-state index contributed by atoms with van der Waals surface area (Å²) in [4.78, 5) is 0. The smallest absolute Gasteiger partial charge is 0.119 e. The molecule has 0 saturated heterocycles. The van der Waals surface area contributed by atoms with E-state index < -0.39 is 5.60 Å². The second-order valence-corrected chi connectivity index (χ2v) is 4.61. The van der Waals surface area contributed by atoms with Crippen LogP contribution < -0.4 is 4.74 Å². The van der Waals surface area contributed by atoms with Crippen molar-refractivity contribution in [1.29, 1.82) is 0 Å². The SMILES string of the molecule is CCCCOc1ccc(C2(O)CCC2)cc1. The van der Waals surface area contributed by atoms with Crippen molar-refractivity contribution in [3.05, 3.63) is 29.8 Å². The van der Waals surface area contributed by atoms with Gasteiger partial charge in [0.05, 0.1) is 12.2 Å². The van der Waals surface area contributed by atoms with Gasteiger partial charge in [-0.05, 0) is 43.4 Å². The minimum atomic E-state index is -0.554. The van der Waals surface area contributed by atoms with Crippen LogP contribution >= 0.6 is 0 Å². The largest absolute Gasteiger partial charge is 0.494 e. The summed E-state index contributed by atoms with van der Waals surface area (Å²) >= 11 is 0. The molecule has 1 saturated carbocycles. The van der Waals surface area contributed by atoms with E-state index in [-0.39, 0.29) is 0 Å². The van der Waals surface area contributed by atoms with Crippen LogP contribution in [0.4, 0.5) is 0 Å². The zero-order chi connectivity index (χ0) is 11.4. The Balaban J connectivity index is 1.94. The maximum Gasteiger partial charge on any atom is 0.119 e. The molecule has 2 heteroatoms. The second kappa shape index (κ2) is 4.88. The predicted molar refractivity (Wildman–Crippen MR) is 64.6 cm³/mol. The maximum atomic E-state index is 10.1. The normalized spacial score (nSPS) is 17.9. The highest BCUT2D eigenvalue weighted by molar-refractivity contribution is 5.31. The van der Waals surface area contributed by atoms with Gasteiger partial charge in [-0.2, -0.15) is 0 Å². The number of benzene rings is 1. The Hall–Kier alpha value is -1.02. The Morgan fingerprint density at radius 1 is 1.25 bits per heavy atom. The highest BCUT2D eigenvalue weighted by Crippen LogP contribution is 2.41. The Labute approximate surface area is 97.3 Å². The first-order valence-corrected chi connectivity index (χ1v) is 6.20. The van der Waals surface area contributed by atoms with Crippen LogP contribution in [0.1, 0.15) is 44.6 Å². The fraction of sp³-hybridized carbons (Fsp3) is 0.571. The number of aliphatic hydroxyl groups is 1. The molecule has 1 aromatic rings. The summed E-state index contributed by atoms with van der Waals surface area (Å²) in [6.07, 6.45) is 5.15. The van der Waals surface area contributed by atoms with E-state index in [1.807, 2.05) is 24.3 Å². The van der Waals surface area contributed by atoms with Crippen molar-refractivity contribution in [1.82, 2.24) is 0 Å². The van der Waals surface area contributed by atoms with Gasteiger partial charge in [0.2, 0.25) is 0 Å². The van der Waals surface area contributed by atoms with Crippen LogP contribution in [0.25, 0.3) is 0 Å². The molecular formula is C14H20O2. The molecule has 16 heavy (non-hydrogen) atoms. The van der Waals surface area contributed by atoms with E-state index in [1.54, 1.807) is 0 Å². The monoisotopic (exact) mass is 220 g/mol. The van der Waals surface area contributed by atoms with Gasteiger partial charge in [0.1, 0.15) is 5.75 Å². The zero-order valence-electron chi connectivity index (χ0n) is 9.91. The van der Waals surface area contributed by atoms with Gasteiger partial charge >= 0.3 is 0 Å². The van der Waals surface area contributed by atoms with Crippen molar-refractivity contribution in [2.24, 2.45) is 0 Å². The van der Waals surface area contributed by atoms with Crippen molar-refractivity contribution in [3.63, 3.8) is 0 Å². The molecule has 88 valence electrons. The molecule has 1 aromatic carbocycles. The molecule has 0 aliphatic heterocycles. The second-order valence-electron chi connectivity index (χ2n) is 4.61. The van der Waals surface area contributed by atoms with Gasteiger partial charge in [-0.1, -0.05) is 25.5 Å². The van der Waals surface area contributed by atoms with Crippen molar-refractivity contribution in [2.75, 3.05) is 6.61 Å². The molecule has 0 heterocycles. The van der Waals surface area contributed by atoms with E-state index in [4.69, 9.17) is 4.74 Å². The molecule has 2 rings (SSSR count). The van der Waals surface area contributed by atoms with Crippen molar-refractivity contribution >= 4 is 0 Å². The van der Waals surface area contributed by atoms with E-state index in [2.05, 4.69) is 6.92 Å². The molecule has 0 amide bonds. The molecule has 0 unspecified atom stereocenters. The van der Waals surface area contributed by atoms with Gasteiger partial charge in [0.25, 0.3) is 0 Å². The van der Waals surface area contributed by atoms with Crippen molar-refractivity contribution in [3.8, 4) is 5.75 Å². The van der Waals surface area contributed by atoms with Gasteiger partial charge in [-0.3, -0.25) is 0 Å². The topological polar surface area (TPSA) is 29.5 Å². The lowest BCUT2D eigenvalue weighted by Crippen LogP contribution is -2.33. The Morgan fingerprint density at radius 2 is 1.94 bits per heavy atom. The molecule has 1 aliphatic carbocycles. The highest BCUT2D eigenvalue weighted by atomic mass is 16.5. The number of unbranched alkanes of at least 4 members (excludes halogenated alkanes) is 1. The van der Waals surface area contributed by atoms with Gasteiger partial charge in [-0.25, -0.2) is 0 Å². The van der Waals surface area contributed by atoms with E-state index in [0.717, 1.165) is 50.0 Å². The summed E-state index contributed by atoms with van der Waals surface area (Å²) in [5.74, 6) is 0.903. The number of hydrogen-bond donors (Lipinski definition) is 1. The first kappa shape index (κ1) is 11.5. The zero-order valence-corrected chi connectivity index (χ0v) is 9.91. The van der Waals surface area contributed by atoms with Crippen LogP contribution in [0.2, 0.25) is 0 Å². The molecule has 0 aromatic heterocycles. The summed E-state index contributed by atoms with van der Waals surface area (Å²) in [6, 6.07) is 7.89. The van der Waals surface area contributed by atoms with Gasteiger partial charge in [-0.15, -0.1) is 0 Å².